The summed E-state index contributed by atoms with van der Waals surface area (Å²) in [5.74, 6) is -0.557. The third kappa shape index (κ3) is 2.93. The normalized spacial score (nSPS) is 11.3. The van der Waals surface area contributed by atoms with Crippen molar-refractivity contribution in [1.29, 1.82) is 0 Å². The van der Waals surface area contributed by atoms with Gasteiger partial charge in [-0.1, -0.05) is 29.8 Å². The second-order valence-electron chi connectivity index (χ2n) is 4.36. The van der Waals surface area contributed by atoms with Crippen molar-refractivity contribution in [3.63, 3.8) is 0 Å². The Kier molecular flexibility index (Phi) is 3.57. The quantitative estimate of drug-likeness (QED) is 0.937. The highest BCUT2D eigenvalue weighted by atomic mass is 32.2. The van der Waals surface area contributed by atoms with Gasteiger partial charge in [0.15, 0.2) is 0 Å². The maximum Gasteiger partial charge on any atom is 0.261 e. The maximum atomic E-state index is 13.8. The van der Waals surface area contributed by atoms with Crippen LogP contribution in [0.25, 0.3) is 0 Å². The third-order valence-corrected chi connectivity index (χ3v) is 4.15. The molecule has 0 bridgehead atoms. The van der Waals surface area contributed by atoms with E-state index in [-0.39, 0.29) is 10.6 Å². The van der Waals surface area contributed by atoms with Gasteiger partial charge in [-0.25, -0.2) is 12.8 Å². The first-order valence-corrected chi connectivity index (χ1v) is 7.23. The summed E-state index contributed by atoms with van der Waals surface area (Å²) in [7, 11) is -3.76. The van der Waals surface area contributed by atoms with Crippen molar-refractivity contribution in [2.24, 2.45) is 0 Å². The van der Waals surface area contributed by atoms with E-state index in [0.29, 0.717) is 5.56 Å². The maximum absolute atomic E-state index is 13.8. The smallest absolute Gasteiger partial charge is 0.261 e. The summed E-state index contributed by atoms with van der Waals surface area (Å²) >= 11 is 0. The van der Waals surface area contributed by atoms with Gasteiger partial charge in [-0.2, -0.15) is 0 Å². The molecule has 2 aromatic carbocycles. The highest BCUT2D eigenvalue weighted by Gasteiger charge is 2.16. The molecule has 0 heterocycles. The minimum absolute atomic E-state index is 0.0411. The van der Waals surface area contributed by atoms with E-state index in [1.165, 1.54) is 18.2 Å². The van der Waals surface area contributed by atoms with Gasteiger partial charge in [0.05, 0.1) is 10.6 Å². The monoisotopic (exact) mass is 279 g/mol. The van der Waals surface area contributed by atoms with Gasteiger partial charge < -0.3 is 0 Å². The highest BCUT2D eigenvalue weighted by Crippen LogP contribution is 2.21. The predicted molar refractivity (Wildman–Crippen MR) is 73.1 cm³/mol. The van der Waals surface area contributed by atoms with Crippen LogP contribution in [0.1, 0.15) is 11.1 Å². The van der Waals surface area contributed by atoms with Crippen molar-refractivity contribution in [3.05, 3.63) is 59.4 Å². The Morgan fingerprint density at radius 2 is 1.63 bits per heavy atom. The zero-order valence-electron chi connectivity index (χ0n) is 10.6. The second kappa shape index (κ2) is 5.01. The van der Waals surface area contributed by atoms with Crippen molar-refractivity contribution in [3.8, 4) is 0 Å². The largest absolute Gasteiger partial charge is 0.277 e. The number of halogens is 1. The molecule has 2 rings (SSSR count). The van der Waals surface area contributed by atoms with Gasteiger partial charge in [0.1, 0.15) is 5.82 Å². The molecular formula is C14H14FNO2S. The first kappa shape index (κ1) is 13.5. The van der Waals surface area contributed by atoms with Gasteiger partial charge in [-0.15, -0.1) is 0 Å². The molecule has 19 heavy (non-hydrogen) atoms. The molecule has 0 radical (unpaired) electrons. The van der Waals surface area contributed by atoms with Crippen LogP contribution >= 0.6 is 0 Å². The fourth-order valence-corrected chi connectivity index (χ4v) is 2.71. The number of benzene rings is 2. The molecule has 0 aliphatic carbocycles. The van der Waals surface area contributed by atoms with E-state index in [1.807, 2.05) is 6.92 Å². The van der Waals surface area contributed by atoms with E-state index in [9.17, 15) is 12.8 Å². The predicted octanol–water partition coefficient (Wildman–Crippen LogP) is 3.24. The Bertz CT molecular complexity index is 694. The van der Waals surface area contributed by atoms with E-state index < -0.39 is 15.8 Å². The first-order valence-electron chi connectivity index (χ1n) is 5.75. The van der Waals surface area contributed by atoms with Crippen LogP contribution in [0.4, 0.5) is 10.1 Å². The Morgan fingerprint density at radius 3 is 2.26 bits per heavy atom. The summed E-state index contributed by atoms with van der Waals surface area (Å²) in [6.07, 6.45) is 0. The van der Waals surface area contributed by atoms with Crippen molar-refractivity contribution >= 4 is 15.7 Å². The van der Waals surface area contributed by atoms with Gasteiger partial charge in [0.2, 0.25) is 0 Å². The Hall–Kier alpha value is -1.88. The molecule has 2 aromatic rings. The number of aryl methyl sites for hydroxylation is 2. The molecule has 0 aromatic heterocycles. The lowest BCUT2D eigenvalue weighted by molar-refractivity contribution is 0.597. The van der Waals surface area contributed by atoms with Crippen LogP contribution < -0.4 is 4.72 Å². The SMILES string of the molecule is Cc1ccc(S(=O)(=O)Nc2cccc(C)c2F)cc1. The van der Waals surface area contributed by atoms with Crippen LogP contribution in [0, 0.1) is 19.7 Å². The fraction of sp³-hybridized carbons (Fsp3) is 0.143. The molecule has 0 unspecified atom stereocenters. The van der Waals surface area contributed by atoms with E-state index in [4.69, 9.17) is 0 Å². The molecule has 0 atom stereocenters. The van der Waals surface area contributed by atoms with Crippen molar-refractivity contribution in [1.82, 2.24) is 0 Å². The Labute approximate surface area is 112 Å². The molecule has 0 aliphatic rings. The topological polar surface area (TPSA) is 46.2 Å². The molecule has 0 saturated carbocycles. The summed E-state index contributed by atoms with van der Waals surface area (Å²) < 4.78 is 40.2. The van der Waals surface area contributed by atoms with E-state index in [2.05, 4.69) is 4.72 Å². The lowest BCUT2D eigenvalue weighted by Crippen LogP contribution is -2.14. The zero-order valence-corrected chi connectivity index (χ0v) is 11.5. The molecule has 0 amide bonds. The van der Waals surface area contributed by atoms with E-state index in [0.717, 1.165) is 5.56 Å². The summed E-state index contributed by atoms with van der Waals surface area (Å²) in [6.45, 7) is 3.45. The molecule has 5 heteroatoms. The number of nitrogens with one attached hydrogen (secondary N) is 1. The number of anilines is 1. The summed E-state index contributed by atoms with van der Waals surface area (Å²) in [4.78, 5) is 0.110. The zero-order chi connectivity index (χ0) is 14.0. The number of sulfonamides is 1. The van der Waals surface area contributed by atoms with Gasteiger partial charge >= 0.3 is 0 Å². The van der Waals surface area contributed by atoms with Crippen LogP contribution in [0.5, 0.6) is 0 Å². The van der Waals surface area contributed by atoms with Crippen molar-refractivity contribution < 1.29 is 12.8 Å². The number of hydrogen-bond acceptors (Lipinski definition) is 2. The van der Waals surface area contributed by atoms with Crippen molar-refractivity contribution in [2.75, 3.05) is 4.72 Å². The molecular weight excluding hydrogens is 265 g/mol. The molecule has 1 N–H and O–H groups in total. The summed E-state index contributed by atoms with van der Waals surface area (Å²) in [5, 5.41) is 0. The molecule has 100 valence electrons. The minimum Gasteiger partial charge on any atom is -0.277 e. The third-order valence-electron chi connectivity index (χ3n) is 2.77. The fourth-order valence-electron chi connectivity index (χ4n) is 1.65. The molecule has 0 fully saturated rings. The van der Waals surface area contributed by atoms with E-state index >= 15 is 0 Å². The second-order valence-corrected chi connectivity index (χ2v) is 6.04. The van der Waals surface area contributed by atoms with Crippen molar-refractivity contribution in [2.45, 2.75) is 18.7 Å². The molecule has 0 saturated heterocycles. The standard InChI is InChI=1S/C14H14FNO2S/c1-10-6-8-12(9-7-10)19(17,18)16-13-5-3-4-11(2)14(13)15/h3-9,16H,1-2H3. The van der Waals surface area contributed by atoms with Crippen LogP contribution in [-0.4, -0.2) is 8.42 Å². The van der Waals surface area contributed by atoms with Crippen LogP contribution in [0.2, 0.25) is 0 Å². The Balaban J connectivity index is 2.36. The van der Waals surface area contributed by atoms with Gasteiger partial charge in [-0.05, 0) is 37.6 Å². The van der Waals surface area contributed by atoms with Crippen LogP contribution in [0.3, 0.4) is 0 Å². The lowest BCUT2D eigenvalue weighted by Gasteiger charge is -2.10. The number of hydrogen-bond donors (Lipinski definition) is 1. The van der Waals surface area contributed by atoms with Crippen LogP contribution in [0.15, 0.2) is 47.4 Å². The lowest BCUT2D eigenvalue weighted by atomic mass is 10.2. The highest BCUT2D eigenvalue weighted by molar-refractivity contribution is 7.92. The average Bonchev–Trinajstić information content (AvgIpc) is 2.35. The first-order chi connectivity index (χ1) is 8.90. The van der Waals surface area contributed by atoms with Gasteiger partial charge in [-0.3, -0.25) is 4.72 Å². The van der Waals surface area contributed by atoms with Gasteiger partial charge in [0, 0.05) is 0 Å². The van der Waals surface area contributed by atoms with E-state index in [1.54, 1.807) is 31.2 Å². The van der Waals surface area contributed by atoms with Gasteiger partial charge in [0.25, 0.3) is 10.0 Å². The number of rotatable bonds is 3. The minimum atomic E-state index is -3.76. The molecule has 0 spiro atoms. The van der Waals surface area contributed by atoms with Crippen LogP contribution in [-0.2, 0) is 10.0 Å². The Morgan fingerprint density at radius 1 is 1.00 bits per heavy atom. The summed E-state index contributed by atoms with van der Waals surface area (Å²) in [6, 6.07) is 11.0. The molecule has 3 nitrogen and oxygen atoms in total. The summed E-state index contributed by atoms with van der Waals surface area (Å²) in [5.41, 5.74) is 1.31. The molecule has 0 aliphatic heterocycles. The average molecular weight is 279 g/mol.